The van der Waals surface area contributed by atoms with E-state index in [4.69, 9.17) is 11.6 Å². The highest BCUT2D eigenvalue weighted by Gasteiger charge is 2.45. The maximum atomic E-state index is 13.8. The molecule has 0 bridgehead atoms. The molecule has 5 nitrogen and oxygen atoms in total. The molecule has 0 spiro atoms. The zero-order valence-corrected chi connectivity index (χ0v) is 20.0. The maximum Gasteiger partial charge on any atom is 0.226 e. The van der Waals surface area contributed by atoms with E-state index < -0.39 is 11.0 Å². The van der Waals surface area contributed by atoms with E-state index in [0.29, 0.717) is 23.9 Å². The van der Waals surface area contributed by atoms with Gasteiger partial charge in [-0.1, -0.05) is 29.8 Å². The lowest BCUT2D eigenvalue weighted by Gasteiger charge is -2.45. The van der Waals surface area contributed by atoms with Crippen LogP contribution in [0.2, 0.25) is 5.02 Å². The third-order valence-electron chi connectivity index (χ3n) is 6.55. The molecule has 32 heavy (non-hydrogen) atoms. The van der Waals surface area contributed by atoms with Gasteiger partial charge in [-0.25, -0.2) is 4.21 Å². The molecule has 4 atom stereocenters. The van der Waals surface area contributed by atoms with E-state index in [0.717, 1.165) is 36.9 Å². The van der Waals surface area contributed by atoms with Crippen molar-refractivity contribution in [3.8, 4) is 0 Å². The van der Waals surface area contributed by atoms with Crippen molar-refractivity contribution < 1.29 is 9.00 Å². The quantitative estimate of drug-likeness (QED) is 0.474. The lowest BCUT2D eigenvalue weighted by Crippen LogP contribution is -2.54. The molecular formula is C25H30ClN3O2S. The molecule has 0 N–H and O–H groups in total. The summed E-state index contributed by atoms with van der Waals surface area (Å²) in [6.07, 6.45) is 11.6. The smallest absolute Gasteiger partial charge is 0.226 e. The Kier molecular flexibility index (Phi) is 7.31. The maximum absolute atomic E-state index is 13.8. The minimum Gasteiger partial charge on any atom is -0.330 e. The molecule has 170 valence electrons. The summed E-state index contributed by atoms with van der Waals surface area (Å²) >= 11 is 6.14. The zero-order valence-electron chi connectivity index (χ0n) is 18.4. The normalized spacial score (nSPS) is 22.9. The second-order valence-corrected chi connectivity index (χ2v) is 10.4. The molecule has 1 aromatic heterocycles. The molecule has 1 aliphatic heterocycles. The molecule has 1 aromatic carbocycles. The number of pyridine rings is 1. The van der Waals surface area contributed by atoms with Crippen LogP contribution in [0.15, 0.2) is 61.4 Å². The number of aromatic nitrogens is 1. The predicted octanol–water partition coefficient (Wildman–Crippen LogP) is 5.17. The second-order valence-electron chi connectivity index (χ2n) is 8.71. The molecule has 2 aliphatic rings. The number of rotatable bonds is 9. The van der Waals surface area contributed by atoms with Crippen LogP contribution in [0.1, 0.15) is 43.7 Å². The number of likely N-dealkylation sites (tertiary alicyclic amines) is 1. The van der Waals surface area contributed by atoms with E-state index in [9.17, 15) is 9.00 Å². The van der Waals surface area contributed by atoms with Gasteiger partial charge in [-0.05, 0) is 67.9 Å². The first-order valence-corrected chi connectivity index (χ1v) is 13.1. The van der Waals surface area contributed by atoms with Crippen LogP contribution in [0, 0.1) is 11.8 Å². The molecule has 0 radical (unpaired) electrons. The summed E-state index contributed by atoms with van der Waals surface area (Å²) in [4.78, 5) is 20.1. The van der Waals surface area contributed by atoms with Crippen LogP contribution in [0.3, 0.4) is 0 Å². The van der Waals surface area contributed by atoms with Crippen LogP contribution in [0.4, 0.5) is 5.69 Å². The van der Waals surface area contributed by atoms with E-state index in [1.165, 1.54) is 0 Å². The minimum absolute atomic E-state index is 0.00697. The molecule has 1 saturated heterocycles. The van der Waals surface area contributed by atoms with Gasteiger partial charge < -0.3 is 4.90 Å². The van der Waals surface area contributed by atoms with Gasteiger partial charge in [0.05, 0.1) is 30.5 Å². The van der Waals surface area contributed by atoms with E-state index in [2.05, 4.69) is 16.5 Å². The molecule has 1 amide bonds. The van der Waals surface area contributed by atoms with Crippen molar-refractivity contribution in [3.63, 3.8) is 0 Å². The number of allylic oxidation sites excluding steroid dienone is 1. The number of amides is 1. The average Bonchev–Trinajstić information content (AvgIpc) is 3.63. The summed E-state index contributed by atoms with van der Waals surface area (Å²) in [5, 5.41) is 0.690. The molecular weight excluding hydrogens is 442 g/mol. The SMILES string of the molecule is C=CCC1CC[C@@H](c2ccc(Cl)cc2)N(C(CN(c2cccnc2)S(C)=O)C2CC2)C1=O. The van der Waals surface area contributed by atoms with Gasteiger partial charge in [0.2, 0.25) is 5.91 Å². The van der Waals surface area contributed by atoms with Crippen LogP contribution in [0.25, 0.3) is 0 Å². The van der Waals surface area contributed by atoms with Gasteiger partial charge in [-0.2, -0.15) is 0 Å². The summed E-state index contributed by atoms with van der Waals surface area (Å²) in [7, 11) is -1.23. The summed E-state index contributed by atoms with van der Waals surface area (Å²) in [5.41, 5.74) is 1.92. The van der Waals surface area contributed by atoms with Gasteiger partial charge in [0.15, 0.2) is 0 Å². The lowest BCUT2D eigenvalue weighted by molar-refractivity contribution is -0.145. The Bertz CT molecular complexity index is 965. The highest BCUT2D eigenvalue weighted by atomic mass is 35.5. The van der Waals surface area contributed by atoms with Gasteiger partial charge >= 0.3 is 0 Å². The molecule has 1 aliphatic carbocycles. The number of halogens is 1. The van der Waals surface area contributed by atoms with Gasteiger partial charge in [0.1, 0.15) is 11.0 Å². The average molecular weight is 472 g/mol. The van der Waals surface area contributed by atoms with Crippen LogP contribution >= 0.6 is 11.6 Å². The largest absolute Gasteiger partial charge is 0.330 e. The minimum atomic E-state index is -1.23. The Morgan fingerprint density at radius 1 is 1.25 bits per heavy atom. The van der Waals surface area contributed by atoms with Crippen molar-refractivity contribution in [1.82, 2.24) is 9.88 Å². The third kappa shape index (κ3) is 5.07. The van der Waals surface area contributed by atoms with Gasteiger partial charge in [-0.3, -0.25) is 14.1 Å². The Morgan fingerprint density at radius 3 is 2.59 bits per heavy atom. The molecule has 1 saturated carbocycles. The van der Waals surface area contributed by atoms with Gasteiger partial charge in [-0.15, -0.1) is 6.58 Å². The fraction of sp³-hybridized carbons (Fsp3) is 0.440. The standard InChI is InChI=1S/C25H30ClN3O2S/c1-3-5-20-11-14-23(18-9-12-21(26)13-10-18)29(25(20)30)24(19-7-8-19)17-28(32(2)31)22-6-4-15-27-16-22/h3-4,6,9-10,12-13,15-16,19-20,23-24H,1,5,7-8,11,14,17H2,2H3/t20?,23-,24?,32?/m0/s1. The monoisotopic (exact) mass is 471 g/mol. The van der Waals surface area contributed by atoms with Crippen molar-refractivity contribution in [2.75, 3.05) is 17.1 Å². The summed E-state index contributed by atoms with van der Waals surface area (Å²) in [5.74, 6) is 0.552. The van der Waals surface area contributed by atoms with Crippen molar-refractivity contribution >= 4 is 34.2 Å². The van der Waals surface area contributed by atoms with Crippen molar-refractivity contribution in [3.05, 3.63) is 72.0 Å². The Balaban J connectivity index is 1.70. The van der Waals surface area contributed by atoms with Crippen LogP contribution < -0.4 is 4.31 Å². The second kappa shape index (κ2) is 10.2. The van der Waals surface area contributed by atoms with Gasteiger partial charge in [0.25, 0.3) is 0 Å². The molecule has 3 unspecified atom stereocenters. The predicted molar refractivity (Wildman–Crippen MR) is 131 cm³/mol. The Labute approximate surface area is 198 Å². The Morgan fingerprint density at radius 2 is 2.00 bits per heavy atom. The Hall–Kier alpha value is -2.18. The number of carbonyl (C=O) groups is 1. The van der Waals surface area contributed by atoms with Crippen LogP contribution in [-0.2, 0) is 15.8 Å². The fourth-order valence-corrected chi connectivity index (χ4v) is 5.68. The highest BCUT2D eigenvalue weighted by molar-refractivity contribution is 7.85. The number of benzene rings is 1. The first kappa shape index (κ1) is 23.0. The van der Waals surface area contributed by atoms with E-state index in [-0.39, 0.29) is 23.9 Å². The first-order chi connectivity index (χ1) is 15.5. The summed E-state index contributed by atoms with van der Waals surface area (Å²) in [6, 6.07) is 11.6. The molecule has 4 rings (SSSR count). The van der Waals surface area contributed by atoms with Crippen molar-refractivity contribution in [2.45, 2.75) is 44.2 Å². The molecule has 2 aromatic rings. The van der Waals surface area contributed by atoms with E-state index in [1.54, 1.807) is 18.6 Å². The number of hydrogen-bond donors (Lipinski definition) is 0. The molecule has 2 fully saturated rings. The molecule has 2 heterocycles. The first-order valence-electron chi connectivity index (χ1n) is 11.2. The number of carbonyl (C=O) groups excluding carboxylic acids is 1. The molecule has 7 heteroatoms. The fourth-order valence-electron chi connectivity index (χ4n) is 4.79. The lowest BCUT2D eigenvalue weighted by atomic mass is 9.84. The van der Waals surface area contributed by atoms with Crippen molar-refractivity contribution in [2.24, 2.45) is 11.8 Å². The number of nitrogens with zero attached hydrogens (tertiary/aromatic N) is 3. The number of piperidine rings is 1. The summed E-state index contributed by atoms with van der Waals surface area (Å²) in [6.45, 7) is 4.39. The number of hydrogen-bond acceptors (Lipinski definition) is 3. The summed E-state index contributed by atoms with van der Waals surface area (Å²) < 4.78 is 14.6. The topological polar surface area (TPSA) is 53.5 Å². The van der Waals surface area contributed by atoms with Crippen LogP contribution in [-0.4, -0.2) is 38.8 Å². The van der Waals surface area contributed by atoms with E-state index in [1.807, 2.05) is 46.8 Å². The zero-order chi connectivity index (χ0) is 22.7. The number of anilines is 1. The van der Waals surface area contributed by atoms with Gasteiger partial charge in [0, 0.05) is 23.4 Å². The van der Waals surface area contributed by atoms with E-state index >= 15 is 0 Å². The van der Waals surface area contributed by atoms with Crippen molar-refractivity contribution in [1.29, 1.82) is 0 Å². The van der Waals surface area contributed by atoms with Crippen LogP contribution in [0.5, 0.6) is 0 Å². The third-order valence-corrected chi connectivity index (χ3v) is 7.79. The highest BCUT2D eigenvalue weighted by Crippen LogP contribution is 2.44.